The molecular weight excluding hydrogens is 302 g/mol. The Kier molecular flexibility index (Phi) is 6.24. The highest BCUT2D eigenvalue weighted by Crippen LogP contribution is 2.21. The van der Waals surface area contributed by atoms with Gasteiger partial charge >= 0.3 is 5.97 Å². The van der Waals surface area contributed by atoms with Crippen LogP contribution in [0, 0.1) is 20.8 Å². The molecule has 0 aromatic heterocycles. The zero-order valence-corrected chi connectivity index (χ0v) is 14.6. The number of unbranched alkanes of at least 4 members (excludes halogenated alkanes) is 1. The molecule has 0 saturated heterocycles. The minimum atomic E-state index is -0.903. The minimum Gasteiger partial charge on any atom is -0.493 e. The van der Waals surface area contributed by atoms with Crippen molar-refractivity contribution in [3.8, 4) is 5.75 Å². The first-order valence-electron chi connectivity index (χ1n) is 8.26. The lowest BCUT2D eigenvalue weighted by Crippen LogP contribution is -2.09. The molecule has 2 aromatic rings. The van der Waals surface area contributed by atoms with Crippen LogP contribution in [0.2, 0.25) is 0 Å². The monoisotopic (exact) mass is 327 g/mol. The normalized spacial score (nSPS) is 10.5. The van der Waals surface area contributed by atoms with E-state index in [2.05, 4.69) is 25.2 Å². The number of hydrogen-bond donors (Lipinski definition) is 2. The Morgan fingerprint density at radius 1 is 1.12 bits per heavy atom. The van der Waals surface area contributed by atoms with Gasteiger partial charge < -0.3 is 15.2 Å². The Hall–Kier alpha value is -2.49. The first kappa shape index (κ1) is 17.9. The smallest absolute Gasteiger partial charge is 0.337 e. The zero-order valence-electron chi connectivity index (χ0n) is 14.6. The van der Waals surface area contributed by atoms with Crippen molar-refractivity contribution in [2.45, 2.75) is 33.6 Å². The highest BCUT2D eigenvalue weighted by molar-refractivity contribution is 5.94. The van der Waals surface area contributed by atoms with Crippen LogP contribution in [0.3, 0.4) is 0 Å². The van der Waals surface area contributed by atoms with Crippen LogP contribution in [0.25, 0.3) is 0 Å². The van der Waals surface area contributed by atoms with E-state index in [0.29, 0.717) is 17.9 Å². The second-order valence-corrected chi connectivity index (χ2v) is 6.03. The van der Waals surface area contributed by atoms with Crippen LogP contribution in [0.5, 0.6) is 5.75 Å². The standard InChI is InChI=1S/C20H25NO3/c1-14-9-10-18(17(13-14)20(22)23)21-11-4-5-12-24-19-8-6-7-15(2)16(19)3/h6-10,13,21H,4-5,11-12H2,1-3H3,(H,22,23). The van der Waals surface area contributed by atoms with Gasteiger partial charge in [0.1, 0.15) is 5.75 Å². The summed E-state index contributed by atoms with van der Waals surface area (Å²) in [6, 6.07) is 11.5. The van der Waals surface area contributed by atoms with Crippen molar-refractivity contribution >= 4 is 11.7 Å². The number of aryl methyl sites for hydroxylation is 2. The maximum Gasteiger partial charge on any atom is 0.337 e. The Balaban J connectivity index is 1.76. The summed E-state index contributed by atoms with van der Waals surface area (Å²) in [5.41, 5.74) is 4.35. The number of carbonyl (C=O) groups is 1. The molecule has 0 spiro atoms. The Bertz CT molecular complexity index is 710. The molecule has 2 aromatic carbocycles. The molecular formula is C20H25NO3. The van der Waals surface area contributed by atoms with Gasteiger partial charge in [-0.25, -0.2) is 4.79 Å². The van der Waals surface area contributed by atoms with E-state index in [9.17, 15) is 9.90 Å². The van der Waals surface area contributed by atoms with E-state index in [1.807, 2.05) is 31.2 Å². The predicted octanol–water partition coefficient (Wildman–Crippen LogP) is 4.58. The van der Waals surface area contributed by atoms with E-state index >= 15 is 0 Å². The summed E-state index contributed by atoms with van der Waals surface area (Å²) in [5, 5.41) is 12.4. The average molecular weight is 327 g/mol. The number of nitrogens with one attached hydrogen (secondary N) is 1. The van der Waals surface area contributed by atoms with Gasteiger partial charge in [-0.15, -0.1) is 0 Å². The van der Waals surface area contributed by atoms with Gasteiger partial charge in [0, 0.05) is 12.2 Å². The molecule has 128 valence electrons. The molecule has 0 radical (unpaired) electrons. The van der Waals surface area contributed by atoms with Crippen molar-refractivity contribution in [1.29, 1.82) is 0 Å². The summed E-state index contributed by atoms with van der Waals surface area (Å²) in [5.74, 6) is 0.0362. The molecule has 0 bridgehead atoms. The molecule has 2 N–H and O–H groups in total. The van der Waals surface area contributed by atoms with Crippen molar-refractivity contribution in [2.75, 3.05) is 18.5 Å². The molecule has 0 aliphatic heterocycles. The molecule has 0 unspecified atom stereocenters. The number of anilines is 1. The van der Waals surface area contributed by atoms with E-state index in [0.717, 1.165) is 30.7 Å². The van der Waals surface area contributed by atoms with Gasteiger partial charge in [0.2, 0.25) is 0 Å². The second kappa shape index (κ2) is 8.39. The van der Waals surface area contributed by atoms with Crippen LogP contribution >= 0.6 is 0 Å². The quantitative estimate of drug-likeness (QED) is 0.697. The second-order valence-electron chi connectivity index (χ2n) is 6.03. The summed E-state index contributed by atoms with van der Waals surface area (Å²) >= 11 is 0. The lowest BCUT2D eigenvalue weighted by Gasteiger charge is -2.12. The lowest BCUT2D eigenvalue weighted by molar-refractivity contribution is 0.0698. The van der Waals surface area contributed by atoms with Crippen LogP contribution < -0.4 is 10.1 Å². The molecule has 0 saturated carbocycles. The van der Waals surface area contributed by atoms with E-state index in [1.54, 1.807) is 6.07 Å². The Morgan fingerprint density at radius 2 is 1.92 bits per heavy atom. The predicted molar refractivity (Wildman–Crippen MR) is 97.3 cm³/mol. The van der Waals surface area contributed by atoms with Crippen molar-refractivity contribution in [2.24, 2.45) is 0 Å². The molecule has 4 heteroatoms. The number of hydrogen-bond acceptors (Lipinski definition) is 3. The summed E-state index contributed by atoms with van der Waals surface area (Å²) in [6.07, 6.45) is 1.83. The van der Waals surface area contributed by atoms with Gasteiger partial charge in [-0.3, -0.25) is 0 Å². The van der Waals surface area contributed by atoms with Crippen molar-refractivity contribution in [3.05, 3.63) is 58.7 Å². The molecule has 0 aliphatic rings. The lowest BCUT2D eigenvalue weighted by atomic mass is 10.1. The van der Waals surface area contributed by atoms with Gasteiger partial charge in [-0.1, -0.05) is 23.8 Å². The highest BCUT2D eigenvalue weighted by atomic mass is 16.5. The van der Waals surface area contributed by atoms with Gasteiger partial charge in [0.25, 0.3) is 0 Å². The SMILES string of the molecule is Cc1ccc(NCCCCOc2cccc(C)c2C)c(C(=O)O)c1. The first-order chi connectivity index (χ1) is 11.5. The molecule has 24 heavy (non-hydrogen) atoms. The fraction of sp³-hybridized carbons (Fsp3) is 0.350. The average Bonchev–Trinajstić information content (AvgIpc) is 2.55. The maximum absolute atomic E-state index is 11.3. The zero-order chi connectivity index (χ0) is 17.5. The number of aromatic carboxylic acids is 1. The van der Waals surface area contributed by atoms with Crippen LogP contribution in [0.1, 0.15) is 39.9 Å². The molecule has 0 heterocycles. The van der Waals surface area contributed by atoms with E-state index in [1.165, 1.54) is 11.1 Å². The van der Waals surface area contributed by atoms with Gasteiger partial charge in [0.05, 0.1) is 12.2 Å². The molecule has 4 nitrogen and oxygen atoms in total. The largest absolute Gasteiger partial charge is 0.493 e. The molecule has 0 aliphatic carbocycles. The van der Waals surface area contributed by atoms with Crippen LogP contribution in [0.4, 0.5) is 5.69 Å². The van der Waals surface area contributed by atoms with Crippen LogP contribution in [-0.2, 0) is 0 Å². The third-order valence-corrected chi connectivity index (χ3v) is 4.10. The summed E-state index contributed by atoms with van der Waals surface area (Å²) in [6.45, 7) is 7.41. The van der Waals surface area contributed by atoms with Crippen LogP contribution in [0.15, 0.2) is 36.4 Å². The first-order valence-corrected chi connectivity index (χ1v) is 8.26. The van der Waals surface area contributed by atoms with Gasteiger partial charge in [0.15, 0.2) is 0 Å². The van der Waals surface area contributed by atoms with E-state index < -0.39 is 5.97 Å². The maximum atomic E-state index is 11.3. The van der Waals surface area contributed by atoms with Gasteiger partial charge in [-0.05, 0) is 62.9 Å². The topological polar surface area (TPSA) is 58.6 Å². The molecule has 2 rings (SSSR count). The minimum absolute atomic E-state index is 0.321. The number of ether oxygens (including phenoxy) is 1. The molecule has 0 amide bonds. The fourth-order valence-corrected chi connectivity index (χ4v) is 2.50. The molecule has 0 atom stereocenters. The van der Waals surface area contributed by atoms with Crippen molar-refractivity contribution in [3.63, 3.8) is 0 Å². The number of carboxylic acids is 1. The summed E-state index contributed by atoms with van der Waals surface area (Å²) in [4.78, 5) is 11.3. The number of carboxylic acid groups (broad SMARTS) is 1. The van der Waals surface area contributed by atoms with E-state index in [-0.39, 0.29) is 0 Å². The Labute approximate surface area is 143 Å². The van der Waals surface area contributed by atoms with E-state index in [4.69, 9.17) is 4.74 Å². The van der Waals surface area contributed by atoms with Crippen molar-refractivity contribution in [1.82, 2.24) is 0 Å². The highest BCUT2D eigenvalue weighted by Gasteiger charge is 2.09. The third-order valence-electron chi connectivity index (χ3n) is 4.10. The third kappa shape index (κ3) is 4.75. The summed E-state index contributed by atoms with van der Waals surface area (Å²) < 4.78 is 5.83. The van der Waals surface area contributed by atoms with Crippen LogP contribution in [-0.4, -0.2) is 24.2 Å². The molecule has 0 fully saturated rings. The Morgan fingerprint density at radius 3 is 2.67 bits per heavy atom. The summed E-state index contributed by atoms with van der Waals surface area (Å²) in [7, 11) is 0. The van der Waals surface area contributed by atoms with Gasteiger partial charge in [-0.2, -0.15) is 0 Å². The van der Waals surface area contributed by atoms with Crippen molar-refractivity contribution < 1.29 is 14.6 Å². The number of benzene rings is 2. The number of rotatable bonds is 8. The fourth-order valence-electron chi connectivity index (χ4n) is 2.50.